The minimum absolute atomic E-state index is 0.261. The first-order valence-electron chi connectivity index (χ1n) is 6.61. The van der Waals surface area contributed by atoms with Crippen molar-refractivity contribution in [2.24, 2.45) is 0 Å². The van der Waals surface area contributed by atoms with Crippen molar-refractivity contribution in [3.05, 3.63) is 24.2 Å². The summed E-state index contributed by atoms with van der Waals surface area (Å²) in [6.07, 6.45) is 1.28. The molecule has 0 aromatic carbocycles. The second-order valence-electron chi connectivity index (χ2n) is 5.97. The molecule has 0 aliphatic rings. The Morgan fingerprint density at radius 2 is 2.10 bits per heavy atom. The third-order valence-electron chi connectivity index (χ3n) is 2.52. The van der Waals surface area contributed by atoms with E-state index in [0.29, 0.717) is 11.3 Å². The summed E-state index contributed by atoms with van der Waals surface area (Å²) in [4.78, 5) is 16.1. The molecule has 0 atom stereocenters. The zero-order valence-electron chi connectivity index (χ0n) is 12.5. The largest absolute Gasteiger partial charge is 0.444 e. The number of pyridine rings is 1. The first kappa shape index (κ1) is 14.3. The zero-order valence-corrected chi connectivity index (χ0v) is 12.5. The Morgan fingerprint density at radius 3 is 2.70 bits per heavy atom. The van der Waals surface area contributed by atoms with Crippen LogP contribution in [0.2, 0.25) is 0 Å². The third kappa shape index (κ3) is 3.46. The van der Waals surface area contributed by atoms with Crippen molar-refractivity contribution in [1.82, 2.24) is 14.6 Å². The highest BCUT2D eigenvalue weighted by molar-refractivity contribution is 5.85. The Labute approximate surface area is 118 Å². The highest BCUT2D eigenvalue weighted by atomic mass is 16.6. The van der Waals surface area contributed by atoms with Gasteiger partial charge in [-0.05, 0) is 26.8 Å². The van der Waals surface area contributed by atoms with Crippen LogP contribution in [0.5, 0.6) is 0 Å². The van der Waals surface area contributed by atoms with E-state index in [1.165, 1.54) is 0 Å². The molecule has 0 saturated carbocycles. The molecule has 0 fully saturated rings. The molecule has 0 aliphatic heterocycles. The lowest BCUT2D eigenvalue weighted by atomic mass is 10.2. The monoisotopic (exact) mass is 276 g/mol. The molecule has 2 aromatic heterocycles. The van der Waals surface area contributed by atoms with Gasteiger partial charge in [-0.3, -0.25) is 5.32 Å². The standard InChI is InChI=1S/C14H20N4O2/c1-9(2)12-16-11-8-10(6-7-18(11)17-12)15-13(19)20-14(3,4)5/h6-9H,1-5H3,(H,15,19). The molecule has 2 aromatic rings. The number of nitrogens with zero attached hydrogens (tertiary/aromatic N) is 3. The van der Waals surface area contributed by atoms with Crippen molar-refractivity contribution < 1.29 is 9.53 Å². The van der Waals surface area contributed by atoms with Gasteiger partial charge in [0, 0.05) is 23.9 Å². The quantitative estimate of drug-likeness (QED) is 0.914. The van der Waals surface area contributed by atoms with Gasteiger partial charge in [-0.15, -0.1) is 0 Å². The molecule has 1 N–H and O–H groups in total. The fourth-order valence-electron chi connectivity index (χ4n) is 1.64. The number of fused-ring (bicyclic) bond motifs is 1. The van der Waals surface area contributed by atoms with E-state index in [1.807, 2.05) is 34.6 Å². The number of carbonyl (C=O) groups is 1. The van der Waals surface area contributed by atoms with Crippen molar-refractivity contribution in [2.45, 2.75) is 46.1 Å². The van der Waals surface area contributed by atoms with E-state index in [1.54, 1.807) is 22.8 Å². The lowest BCUT2D eigenvalue weighted by molar-refractivity contribution is 0.0636. The third-order valence-corrected chi connectivity index (χ3v) is 2.52. The van der Waals surface area contributed by atoms with E-state index < -0.39 is 11.7 Å². The molecular formula is C14H20N4O2. The van der Waals surface area contributed by atoms with Gasteiger partial charge in [-0.1, -0.05) is 13.8 Å². The van der Waals surface area contributed by atoms with E-state index in [9.17, 15) is 4.79 Å². The van der Waals surface area contributed by atoms with Crippen molar-refractivity contribution in [1.29, 1.82) is 0 Å². The average molecular weight is 276 g/mol. The van der Waals surface area contributed by atoms with Gasteiger partial charge in [0.05, 0.1) is 0 Å². The number of anilines is 1. The molecule has 0 aliphatic carbocycles. The number of hydrogen-bond donors (Lipinski definition) is 1. The Morgan fingerprint density at radius 1 is 1.40 bits per heavy atom. The van der Waals surface area contributed by atoms with Crippen LogP contribution in [0.15, 0.2) is 18.3 Å². The molecule has 2 rings (SSSR count). The van der Waals surface area contributed by atoms with E-state index in [0.717, 1.165) is 5.82 Å². The van der Waals surface area contributed by atoms with Crippen molar-refractivity contribution in [2.75, 3.05) is 5.32 Å². The first-order chi connectivity index (χ1) is 9.24. The van der Waals surface area contributed by atoms with Crippen LogP contribution in [0.1, 0.15) is 46.4 Å². The SMILES string of the molecule is CC(C)c1nc2cc(NC(=O)OC(C)(C)C)ccn2n1. The van der Waals surface area contributed by atoms with Gasteiger partial charge in [0.1, 0.15) is 5.60 Å². The summed E-state index contributed by atoms with van der Waals surface area (Å²) >= 11 is 0. The van der Waals surface area contributed by atoms with Crippen LogP contribution >= 0.6 is 0 Å². The average Bonchev–Trinajstić information content (AvgIpc) is 2.69. The Bertz CT molecular complexity index is 626. The number of rotatable bonds is 2. The zero-order chi connectivity index (χ0) is 14.9. The molecular weight excluding hydrogens is 256 g/mol. The maximum Gasteiger partial charge on any atom is 0.412 e. The van der Waals surface area contributed by atoms with Crippen molar-refractivity contribution in [3.63, 3.8) is 0 Å². The number of hydrogen-bond acceptors (Lipinski definition) is 4. The van der Waals surface area contributed by atoms with Gasteiger partial charge in [-0.25, -0.2) is 14.3 Å². The second kappa shape index (κ2) is 5.11. The maximum absolute atomic E-state index is 11.7. The molecule has 0 unspecified atom stereocenters. The summed E-state index contributed by atoms with van der Waals surface area (Å²) in [5.41, 5.74) is 0.810. The van der Waals surface area contributed by atoms with Crippen LogP contribution < -0.4 is 5.32 Å². The van der Waals surface area contributed by atoms with Gasteiger partial charge >= 0.3 is 6.09 Å². The summed E-state index contributed by atoms with van der Waals surface area (Å²) in [5, 5.41) is 7.04. The minimum Gasteiger partial charge on any atom is -0.444 e. The Kier molecular flexibility index (Phi) is 3.65. The molecule has 108 valence electrons. The summed E-state index contributed by atoms with van der Waals surface area (Å²) in [7, 11) is 0. The summed E-state index contributed by atoms with van der Waals surface area (Å²) in [6.45, 7) is 9.54. The summed E-state index contributed by atoms with van der Waals surface area (Å²) in [5.74, 6) is 1.04. The van der Waals surface area contributed by atoms with Gasteiger partial charge in [0.15, 0.2) is 11.5 Å². The normalized spacial score (nSPS) is 11.9. The van der Waals surface area contributed by atoms with Crippen molar-refractivity contribution in [3.8, 4) is 0 Å². The number of carbonyl (C=O) groups excluding carboxylic acids is 1. The van der Waals surface area contributed by atoms with Gasteiger partial charge in [0.25, 0.3) is 0 Å². The van der Waals surface area contributed by atoms with Crippen LogP contribution in [-0.4, -0.2) is 26.3 Å². The van der Waals surface area contributed by atoms with E-state index >= 15 is 0 Å². The molecule has 6 heteroatoms. The number of aromatic nitrogens is 3. The summed E-state index contributed by atoms with van der Waals surface area (Å²) < 4.78 is 6.89. The van der Waals surface area contributed by atoms with E-state index in [2.05, 4.69) is 15.4 Å². The molecule has 6 nitrogen and oxygen atoms in total. The fourth-order valence-corrected chi connectivity index (χ4v) is 1.64. The molecule has 2 heterocycles. The van der Waals surface area contributed by atoms with Crippen LogP contribution in [-0.2, 0) is 4.74 Å². The predicted octanol–water partition coefficient (Wildman–Crippen LogP) is 3.20. The summed E-state index contributed by atoms with van der Waals surface area (Å²) in [6, 6.07) is 3.53. The lowest BCUT2D eigenvalue weighted by Gasteiger charge is -2.19. The number of nitrogens with one attached hydrogen (secondary N) is 1. The molecule has 0 bridgehead atoms. The second-order valence-corrected chi connectivity index (χ2v) is 5.97. The van der Waals surface area contributed by atoms with Crippen LogP contribution in [0.3, 0.4) is 0 Å². The Balaban J connectivity index is 2.17. The van der Waals surface area contributed by atoms with Crippen molar-refractivity contribution >= 4 is 17.4 Å². The van der Waals surface area contributed by atoms with Crippen LogP contribution in [0.25, 0.3) is 5.65 Å². The maximum atomic E-state index is 11.7. The van der Waals surface area contributed by atoms with Crippen LogP contribution in [0.4, 0.5) is 10.5 Å². The van der Waals surface area contributed by atoms with E-state index in [-0.39, 0.29) is 5.92 Å². The highest BCUT2D eigenvalue weighted by Gasteiger charge is 2.16. The molecule has 0 spiro atoms. The smallest absolute Gasteiger partial charge is 0.412 e. The Hall–Kier alpha value is -2.11. The number of amides is 1. The predicted molar refractivity (Wildman–Crippen MR) is 76.9 cm³/mol. The fraction of sp³-hybridized carbons (Fsp3) is 0.500. The van der Waals surface area contributed by atoms with Crippen LogP contribution in [0, 0.1) is 0 Å². The lowest BCUT2D eigenvalue weighted by Crippen LogP contribution is -2.27. The van der Waals surface area contributed by atoms with E-state index in [4.69, 9.17) is 4.74 Å². The minimum atomic E-state index is -0.520. The molecule has 20 heavy (non-hydrogen) atoms. The first-order valence-corrected chi connectivity index (χ1v) is 6.61. The van der Waals surface area contributed by atoms with Gasteiger partial charge in [-0.2, -0.15) is 5.10 Å². The molecule has 1 amide bonds. The molecule has 0 saturated heterocycles. The topological polar surface area (TPSA) is 68.5 Å². The van der Waals surface area contributed by atoms with Gasteiger partial charge in [0.2, 0.25) is 0 Å². The van der Waals surface area contributed by atoms with Gasteiger partial charge < -0.3 is 4.74 Å². The number of ether oxygens (including phenoxy) is 1. The molecule has 0 radical (unpaired) electrons. The highest BCUT2D eigenvalue weighted by Crippen LogP contribution is 2.16.